The first-order valence-electron chi connectivity index (χ1n) is 6.85. The number of piperidine rings is 1. The first-order valence-corrected chi connectivity index (χ1v) is 6.85. The number of non-ortho nitro benzene ring substituents is 1. The van der Waals surface area contributed by atoms with Crippen LogP contribution in [0.4, 0.5) is 5.69 Å². The third-order valence-corrected chi connectivity index (χ3v) is 3.80. The fourth-order valence-corrected chi connectivity index (χ4v) is 2.62. The van der Waals surface area contributed by atoms with Gasteiger partial charge in [0.15, 0.2) is 0 Å². The van der Waals surface area contributed by atoms with Crippen molar-refractivity contribution in [3.63, 3.8) is 0 Å². The summed E-state index contributed by atoms with van der Waals surface area (Å²) in [5.41, 5.74) is 7.04. The summed E-state index contributed by atoms with van der Waals surface area (Å²) in [5, 5.41) is 10.6. The molecule has 1 saturated heterocycles. The lowest BCUT2D eigenvalue weighted by molar-refractivity contribution is -0.384. The Kier molecular flexibility index (Phi) is 6.91. The topological polar surface area (TPSA) is 72.4 Å². The number of hydrogen-bond acceptors (Lipinski definition) is 4. The predicted octanol–water partition coefficient (Wildman–Crippen LogP) is 2.23. The molecule has 1 aliphatic heterocycles. The number of nitrogens with two attached hydrogens (primary N) is 1. The summed E-state index contributed by atoms with van der Waals surface area (Å²) in [6.45, 7) is 4.01. The van der Waals surface area contributed by atoms with E-state index in [1.54, 1.807) is 12.1 Å². The van der Waals surface area contributed by atoms with E-state index in [0.29, 0.717) is 5.92 Å². The van der Waals surface area contributed by atoms with Crippen LogP contribution in [-0.4, -0.2) is 36.0 Å². The van der Waals surface area contributed by atoms with Crippen molar-refractivity contribution in [2.45, 2.75) is 19.3 Å². The SMILES string of the molecule is Cl.NCC1CCCN(CCc2ccc([N+](=O)[O-])cc2)C1. The summed E-state index contributed by atoms with van der Waals surface area (Å²) >= 11 is 0. The van der Waals surface area contributed by atoms with Crippen molar-refractivity contribution in [3.8, 4) is 0 Å². The molecule has 1 heterocycles. The highest BCUT2D eigenvalue weighted by molar-refractivity contribution is 5.85. The van der Waals surface area contributed by atoms with Gasteiger partial charge in [-0.25, -0.2) is 0 Å². The van der Waals surface area contributed by atoms with Gasteiger partial charge in [-0.15, -0.1) is 12.4 Å². The van der Waals surface area contributed by atoms with Crippen LogP contribution in [0, 0.1) is 16.0 Å². The molecule has 20 heavy (non-hydrogen) atoms. The molecular weight excluding hydrogens is 278 g/mol. The van der Waals surface area contributed by atoms with Crippen molar-refractivity contribution in [1.29, 1.82) is 0 Å². The molecule has 1 aromatic rings. The summed E-state index contributed by atoms with van der Waals surface area (Å²) in [6.07, 6.45) is 3.40. The maximum absolute atomic E-state index is 10.6. The molecule has 1 unspecified atom stereocenters. The highest BCUT2D eigenvalue weighted by Crippen LogP contribution is 2.16. The number of benzene rings is 1. The number of nitro groups is 1. The van der Waals surface area contributed by atoms with E-state index in [2.05, 4.69) is 4.90 Å². The number of nitrogens with zero attached hydrogens (tertiary/aromatic N) is 2. The second-order valence-corrected chi connectivity index (χ2v) is 5.22. The van der Waals surface area contributed by atoms with Crippen molar-refractivity contribution >= 4 is 18.1 Å². The highest BCUT2D eigenvalue weighted by Gasteiger charge is 2.18. The van der Waals surface area contributed by atoms with Crippen LogP contribution < -0.4 is 5.73 Å². The van der Waals surface area contributed by atoms with Gasteiger partial charge in [0.1, 0.15) is 0 Å². The van der Waals surface area contributed by atoms with Crippen molar-refractivity contribution in [2.75, 3.05) is 26.2 Å². The average Bonchev–Trinajstić information content (AvgIpc) is 2.46. The molecule has 0 aromatic heterocycles. The van der Waals surface area contributed by atoms with Gasteiger partial charge in [0.2, 0.25) is 0 Å². The Bertz CT molecular complexity index is 425. The Labute approximate surface area is 125 Å². The average molecular weight is 300 g/mol. The van der Waals surface area contributed by atoms with Gasteiger partial charge in [-0.2, -0.15) is 0 Å². The fourth-order valence-electron chi connectivity index (χ4n) is 2.62. The van der Waals surface area contributed by atoms with E-state index in [1.807, 2.05) is 12.1 Å². The molecular formula is C14H22ClN3O2. The smallest absolute Gasteiger partial charge is 0.269 e. The maximum Gasteiger partial charge on any atom is 0.269 e. The van der Waals surface area contributed by atoms with Crippen LogP contribution in [-0.2, 0) is 6.42 Å². The zero-order valence-electron chi connectivity index (χ0n) is 11.5. The first-order chi connectivity index (χ1) is 9.19. The number of halogens is 1. The zero-order valence-corrected chi connectivity index (χ0v) is 12.3. The second-order valence-electron chi connectivity index (χ2n) is 5.22. The van der Waals surface area contributed by atoms with Gasteiger partial charge in [0.05, 0.1) is 4.92 Å². The summed E-state index contributed by atoms with van der Waals surface area (Å²) in [4.78, 5) is 12.7. The molecule has 2 N–H and O–H groups in total. The lowest BCUT2D eigenvalue weighted by Gasteiger charge is -2.32. The van der Waals surface area contributed by atoms with Crippen LogP contribution in [0.5, 0.6) is 0 Å². The van der Waals surface area contributed by atoms with Gasteiger partial charge in [-0.3, -0.25) is 10.1 Å². The molecule has 1 atom stereocenters. The first kappa shape index (κ1) is 16.9. The molecule has 0 aliphatic carbocycles. The minimum atomic E-state index is -0.361. The molecule has 112 valence electrons. The lowest BCUT2D eigenvalue weighted by Crippen LogP contribution is -2.39. The number of likely N-dealkylation sites (tertiary alicyclic amines) is 1. The summed E-state index contributed by atoms with van der Waals surface area (Å²) in [7, 11) is 0. The van der Waals surface area contributed by atoms with Crippen molar-refractivity contribution in [2.24, 2.45) is 11.7 Å². The van der Waals surface area contributed by atoms with Gasteiger partial charge in [-0.05, 0) is 43.8 Å². The van der Waals surface area contributed by atoms with Crippen LogP contribution in [0.3, 0.4) is 0 Å². The van der Waals surface area contributed by atoms with E-state index in [-0.39, 0.29) is 23.0 Å². The molecule has 0 radical (unpaired) electrons. The van der Waals surface area contributed by atoms with Gasteiger partial charge >= 0.3 is 0 Å². The highest BCUT2D eigenvalue weighted by atomic mass is 35.5. The molecule has 1 aliphatic rings. The molecule has 5 nitrogen and oxygen atoms in total. The van der Waals surface area contributed by atoms with Crippen molar-refractivity contribution in [1.82, 2.24) is 4.90 Å². The van der Waals surface area contributed by atoms with Crippen LogP contribution in [0.2, 0.25) is 0 Å². The van der Waals surface area contributed by atoms with Crippen molar-refractivity contribution < 1.29 is 4.92 Å². The Morgan fingerprint density at radius 3 is 2.65 bits per heavy atom. The third kappa shape index (κ3) is 4.74. The van der Waals surface area contributed by atoms with Crippen LogP contribution in [0.25, 0.3) is 0 Å². The molecule has 0 bridgehead atoms. The van der Waals surface area contributed by atoms with E-state index >= 15 is 0 Å². The van der Waals surface area contributed by atoms with E-state index in [9.17, 15) is 10.1 Å². The number of hydrogen-bond donors (Lipinski definition) is 1. The molecule has 0 spiro atoms. The maximum atomic E-state index is 10.6. The Hall–Kier alpha value is -1.17. The third-order valence-electron chi connectivity index (χ3n) is 3.80. The van der Waals surface area contributed by atoms with E-state index in [4.69, 9.17) is 5.73 Å². The summed E-state index contributed by atoms with van der Waals surface area (Å²) < 4.78 is 0. The largest absolute Gasteiger partial charge is 0.330 e. The summed E-state index contributed by atoms with van der Waals surface area (Å²) in [6, 6.07) is 6.85. The Balaban J connectivity index is 0.00000200. The molecule has 1 aromatic carbocycles. The normalized spacial score (nSPS) is 19.4. The van der Waals surface area contributed by atoms with Crippen molar-refractivity contribution in [3.05, 3.63) is 39.9 Å². The lowest BCUT2D eigenvalue weighted by atomic mass is 9.98. The van der Waals surface area contributed by atoms with Crippen LogP contribution in [0.1, 0.15) is 18.4 Å². The zero-order chi connectivity index (χ0) is 13.7. The minimum absolute atomic E-state index is 0. The van der Waals surface area contributed by atoms with Gasteiger partial charge in [0.25, 0.3) is 5.69 Å². The minimum Gasteiger partial charge on any atom is -0.330 e. The number of nitro benzene ring substituents is 1. The standard InChI is InChI=1S/C14H21N3O2.ClH/c15-10-13-2-1-8-16(11-13)9-7-12-3-5-14(6-4-12)17(18)19;/h3-6,13H,1-2,7-11,15H2;1H. The molecule has 0 amide bonds. The van der Waals surface area contributed by atoms with E-state index in [1.165, 1.54) is 12.8 Å². The molecule has 2 rings (SSSR count). The fraction of sp³-hybridized carbons (Fsp3) is 0.571. The van der Waals surface area contributed by atoms with Crippen LogP contribution >= 0.6 is 12.4 Å². The summed E-state index contributed by atoms with van der Waals surface area (Å²) in [5.74, 6) is 0.630. The van der Waals surface area contributed by atoms with Crippen LogP contribution in [0.15, 0.2) is 24.3 Å². The molecule has 0 saturated carbocycles. The Morgan fingerprint density at radius 2 is 2.05 bits per heavy atom. The molecule has 6 heteroatoms. The van der Waals surface area contributed by atoms with Gasteiger partial charge in [0, 0.05) is 25.2 Å². The number of rotatable bonds is 5. The Morgan fingerprint density at radius 1 is 1.35 bits per heavy atom. The second kappa shape index (κ2) is 8.19. The monoisotopic (exact) mass is 299 g/mol. The van der Waals surface area contributed by atoms with E-state index in [0.717, 1.165) is 38.2 Å². The predicted molar refractivity (Wildman–Crippen MR) is 82.3 cm³/mol. The van der Waals surface area contributed by atoms with Gasteiger partial charge in [-0.1, -0.05) is 12.1 Å². The van der Waals surface area contributed by atoms with Gasteiger partial charge < -0.3 is 10.6 Å². The molecule has 1 fully saturated rings. The quantitative estimate of drug-likeness (QED) is 0.668. The van der Waals surface area contributed by atoms with E-state index < -0.39 is 0 Å².